The van der Waals surface area contributed by atoms with Crippen molar-refractivity contribution in [3.05, 3.63) is 150 Å². The quantitative estimate of drug-likeness (QED) is 0.180. The van der Waals surface area contributed by atoms with E-state index < -0.39 is 0 Å². The Bertz CT molecular complexity index is 2450. The Hall–Kier alpha value is -5.81. The van der Waals surface area contributed by atoms with Crippen molar-refractivity contribution in [3.63, 3.8) is 0 Å². The first-order chi connectivity index (χ1) is 25.3. The van der Waals surface area contributed by atoms with Crippen LogP contribution in [0.25, 0.3) is 67.5 Å². The molecule has 0 fully saturated rings. The lowest BCUT2D eigenvalue weighted by molar-refractivity contribution is 0.569. The van der Waals surface area contributed by atoms with Crippen LogP contribution in [0.4, 0.5) is 0 Å². The Kier molecular flexibility index (Phi) is 8.21. The summed E-state index contributed by atoms with van der Waals surface area (Å²) in [6.45, 7) is 18.3. The summed E-state index contributed by atoms with van der Waals surface area (Å²) in [7, 11) is 0. The van der Waals surface area contributed by atoms with Crippen molar-refractivity contribution in [2.24, 2.45) is 0 Å². The van der Waals surface area contributed by atoms with Crippen LogP contribution in [-0.2, 0) is 16.2 Å². The molecule has 262 valence electrons. The van der Waals surface area contributed by atoms with Gasteiger partial charge in [0.25, 0.3) is 0 Å². The lowest BCUT2D eigenvalue weighted by atomic mass is 9.78. The summed E-state index contributed by atoms with van der Waals surface area (Å²) in [6, 6.07) is 39.1. The number of rotatable bonds is 5. The van der Waals surface area contributed by atoms with Gasteiger partial charge in [-0.15, -0.1) is 0 Å². The number of aromatic nitrogens is 5. The SMILES string of the molecule is CC(C)(C)c1cc(-c2cc(-c3cncnc3)cc(-c3nc(-c4ccccc4)nc(-c4cccc5c4-c4ccccc4C5(C)C)n3)c2)cc(C(C)(C)C)c1. The third kappa shape index (κ3) is 6.35. The van der Waals surface area contributed by atoms with E-state index in [4.69, 9.17) is 15.0 Å². The fourth-order valence-corrected chi connectivity index (χ4v) is 7.48. The lowest BCUT2D eigenvalue weighted by Crippen LogP contribution is -2.16. The fraction of sp³-hybridized carbons (Fsp3) is 0.229. The van der Waals surface area contributed by atoms with Crippen molar-refractivity contribution < 1.29 is 0 Å². The summed E-state index contributed by atoms with van der Waals surface area (Å²) >= 11 is 0. The third-order valence-corrected chi connectivity index (χ3v) is 10.6. The molecule has 2 aromatic heterocycles. The maximum atomic E-state index is 5.33. The van der Waals surface area contributed by atoms with Crippen molar-refractivity contribution in [1.29, 1.82) is 0 Å². The first-order valence-electron chi connectivity index (χ1n) is 18.4. The number of benzene rings is 5. The van der Waals surface area contributed by atoms with Crippen LogP contribution < -0.4 is 0 Å². The number of nitrogens with zero attached hydrogens (tertiary/aromatic N) is 5. The van der Waals surface area contributed by atoms with E-state index in [0.717, 1.165) is 38.9 Å². The van der Waals surface area contributed by atoms with Crippen LogP contribution in [0.5, 0.6) is 0 Å². The monoisotopic (exact) mass is 691 g/mol. The molecule has 0 amide bonds. The predicted molar refractivity (Wildman–Crippen MR) is 218 cm³/mol. The molecule has 0 saturated carbocycles. The molecule has 5 heteroatoms. The number of fused-ring (bicyclic) bond motifs is 3. The van der Waals surface area contributed by atoms with Gasteiger partial charge in [-0.1, -0.05) is 146 Å². The highest BCUT2D eigenvalue weighted by Crippen LogP contribution is 2.51. The summed E-state index contributed by atoms with van der Waals surface area (Å²) < 4.78 is 0. The number of hydrogen-bond acceptors (Lipinski definition) is 5. The van der Waals surface area contributed by atoms with Gasteiger partial charge in [-0.25, -0.2) is 24.9 Å². The molecule has 0 unspecified atom stereocenters. The summed E-state index contributed by atoms with van der Waals surface area (Å²) in [6.07, 6.45) is 5.30. The molecular formula is C48H45N5. The predicted octanol–water partition coefficient (Wildman–Crippen LogP) is 11.9. The molecule has 2 heterocycles. The largest absolute Gasteiger partial charge is 0.244 e. The zero-order valence-electron chi connectivity index (χ0n) is 31.9. The minimum Gasteiger partial charge on any atom is -0.244 e. The summed E-state index contributed by atoms with van der Waals surface area (Å²) in [5.74, 6) is 1.89. The van der Waals surface area contributed by atoms with Gasteiger partial charge in [0.2, 0.25) is 0 Å². The van der Waals surface area contributed by atoms with Crippen LogP contribution >= 0.6 is 0 Å². The maximum Gasteiger partial charge on any atom is 0.164 e. The van der Waals surface area contributed by atoms with E-state index in [1.54, 1.807) is 6.33 Å². The van der Waals surface area contributed by atoms with E-state index in [-0.39, 0.29) is 16.2 Å². The van der Waals surface area contributed by atoms with Crippen LogP contribution in [0, 0.1) is 0 Å². The van der Waals surface area contributed by atoms with Crippen molar-refractivity contribution in [2.75, 3.05) is 0 Å². The lowest BCUT2D eigenvalue weighted by Gasteiger charge is -2.26. The zero-order chi connectivity index (χ0) is 37.1. The molecule has 0 spiro atoms. The average Bonchev–Trinajstić information content (AvgIpc) is 3.40. The second-order valence-electron chi connectivity index (χ2n) is 16.8. The molecule has 0 aliphatic heterocycles. The van der Waals surface area contributed by atoms with Crippen LogP contribution in [-0.4, -0.2) is 24.9 Å². The van der Waals surface area contributed by atoms with Gasteiger partial charge in [0.1, 0.15) is 6.33 Å². The Morgan fingerprint density at radius 3 is 1.60 bits per heavy atom. The molecule has 0 saturated heterocycles. The van der Waals surface area contributed by atoms with E-state index in [1.807, 2.05) is 30.6 Å². The van der Waals surface area contributed by atoms with Gasteiger partial charge in [0, 0.05) is 40.1 Å². The molecular weight excluding hydrogens is 647 g/mol. The third-order valence-electron chi connectivity index (χ3n) is 10.6. The van der Waals surface area contributed by atoms with E-state index in [1.165, 1.54) is 33.4 Å². The van der Waals surface area contributed by atoms with E-state index in [9.17, 15) is 0 Å². The molecule has 53 heavy (non-hydrogen) atoms. The molecule has 0 atom stereocenters. The Balaban J connectivity index is 1.40. The van der Waals surface area contributed by atoms with Gasteiger partial charge in [-0.2, -0.15) is 0 Å². The summed E-state index contributed by atoms with van der Waals surface area (Å²) in [5.41, 5.74) is 14.4. The topological polar surface area (TPSA) is 64.5 Å². The Labute approximate surface area is 313 Å². The van der Waals surface area contributed by atoms with Crippen LogP contribution in [0.15, 0.2) is 128 Å². The van der Waals surface area contributed by atoms with Crippen molar-refractivity contribution in [2.45, 2.75) is 71.6 Å². The van der Waals surface area contributed by atoms with Crippen molar-refractivity contribution >= 4 is 0 Å². The zero-order valence-corrected chi connectivity index (χ0v) is 31.9. The van der Waals surface area contributed by atoms with Gasteiger partial charge in [-0.05, 0) is 79.1 Å². The standard InChI is InChI=1S/C48H45N5/c1-46(2,3)36-24-33(25-37(26-36)47(4,5)6)31-21-32(35-27-49-29-50-28-35)23-34(22-31)44-51-43(30-15-10-9-11-16-30)52-45(53-44)39-18-14-20-41-42(39)38-17-12-13-19-40(38)48(41,7)8/h9-29H,1-8H3. The van der Waals surface area contributed by atoms with Gasteiger partial charge in [0.15, 0.2) is 17.5 Å². The highest BCUT2D eigenvalue weighted by atomic mass is 15.0. The Morgan fingerprint density at radius 1 is 0.434 bits per heavy atom. The highest BCUT2D eigenvalue weighted by molar-refractivity contribution is 5.91. The summed E-state index contributed by atoms with van der Waals surface area (Å²) in [4.78, 5) is 24.5. The molecule has 0 radical (unpaired) electrons. The van der Waals surface area contributed by atoms with Crippen LogP contribution in [0.1, 0.15) is 77.6 Å². The first-order valence-corrected chi connectivity index (χ1v) is 18.4. The van der Waals surface area contributed by atoms with Crippen LogP contribution in [0.3, 0.4) is 0 Å². The van der Waals surface area contributed by atoms with Crippen LogP contribution in [0.2, 0.25) is 0 Å². The van der Waals surface area contributed by atoms with Gasteiger partial charge in [-0.3, -0.25) is 0 Å². The minimum absolute atomic E-state index is 0.0272. The van der Waals surface area contributed by atoms with Crippen molar-refractivity contribution in [3.8, 4) is 67.5 Å². The smallest absolute Gasteiger partial charge is 0.164 e. The van der Waals surface area contributed by atoms with Crippen molar-refractivity contribution in [1.82, 2.24) is 24.9 Å². The minimum atomic E-state index is -0.144. The van der Waals surface area contributed by atoms with Gasteiger partial charge in [0.05, 0.1) is 0 Å². The molecule has 7 aromatic rings. The molecule has 5 nitrogen and oxygen atoms in total. The fourth-order valence-electron chi connectivity index (χ4n) is 7.48. The molecule has 1 aliphatic rings. The Morgan fingerprint density at radius 2 is 0.943 bits per heavy atom. The van der Waals surface area contributed by atoms with E-state index in [2.05, 4.69) is 156 Å². The van der Waals surface area contributed by atoms with E-state index >= 15 is 0 Å². The first kappa shape index (κ1) is 34.3. The second kappa shape index (κ2) is 12.7. The number of hydrogen-bond donors (Lipinski definition) is 0. The van der Waals surface area contributed by atoms with Gasteiger partial charge >= 0.3 is 0 Å². The summed E-state index contributed by atoms with van der Waals surface area (Å²) in [5, 5.41) is 0. The normalized spacial score (nSPS) is 13.4. The molecule has 1 aliphatic carbocycles. The second-order valence-corrected chi connectivity index (χ2v) is 16.8. The maximum absolute atomic E-state index is 5.33. The molecule has 0 bridgehead atoms. The van der Waals surface area contributed by atoms with Gasteiger partial charge < -0.3 is 0 Å². The molecule has 8 rings (SSSR count). The molecule has 0 N–H and O–H groups in total. The van der Waals surface area contributed by atoms with E-state index in [0.29, 0.717) is 17.5 Å². The average molecular weight is 692 g/mol. The highest BCUT2D eigenvalue weighted by Gasteiger charge is 2.37. The molecule has 5 aromatic carbocycles.